The lowest BCUT2D eigenvalue weighted by Gasteiger charge is -2.12. The first kappa shape index (κ1) is 11.9. The van der Waals surface area contributed by atoms with Gasteiger partial charge in [0.2, 0.25) is 0 Å². The molecule has 0 aliphatic carbocycles. The number of carbonyl (C=O) groups excluding carboxylic acids is 1. The van der Waals surface area contributed by atoms with Crippen molar-refractivity contribution in [1.29, 1.82) is 0 Å². The Kier molecular flexibility index (Phi) is 3.63. The van der Waals surface area contributed by atoms with E-state index < -0.39 is 5.97 Å². The fourth-order valence-corrected chi connectivity index (χ4v) is 2.01. The summed E-state index contributed by atoms with van der Waals surface area (Å²) < 4.78 is 4.64. The quantitative estimate of drug-likeness (QED) is 0.621. The summed E-state index contributed by atoms with van der Waals surface area (Å²) in [4.78, 5) is 12.2. The summed E-state index contributed by atoms with van der Waals surface area (Å²) in [5, 5.41) is 9.88. The van der Waals surface area contributed by atoms with Crippen LogP contribution in [0, 0.1) is 13.8 Å². The van der Waals surface area contributed by atoms with Gasteiger partial charge >= 0.3 is 5.97 Å². The number of esters is 1. The van der Waals surface area contributed by atoms with Crippen molar-refractivity contribution in [3.63, 3.8) is 0 Å². The van der Waals surface area contributed by atoms with Gasteiger partial charge in [-0.1, -0.05) is 0 Å². The van der Waals surface area contributed by atoms with Gasteiger partial charge in [0.25, 0.3) is 0 Å². The molecule has 0 amide bonds. The second kappa shape index (κ2) is 4.57. The van der Waals surface area contributed by atoms with Crippen molar-refractivity contribution in [2.24, 2.45) is 0 Å². The zero-order valence-electron chi connectivity index (χ0n) is 9.25. The molecule has 0 aliphatic heterocycles. The van der Waals surface area contributed by atoms with Crippen molar-refractivity contribution >= 4 is 17.7 Å². The standard InChI is InChI=1S/C11H14O3S/c1-6-5-8(15-4)9(11(13)14-3)10(12)7(6)2/h5,12H,1-4H3. The topological polar surface area (TPSA) is 46.5 Å². The number of phenolic OH excluding ortho intramolecular Hbond substituents is 1. The first-order valence-corrected chi connectivity index (χ1v) is 5.70. The third-order valence-electron chi connectivity index (χ3n) is 2.39. The van der Waals surface area contributed by atoms with Crippen LogP contribution >= 0.6 is 11.8 Å². The van der Waals surface area contributed by atoms with Crippen LogP contribution in [0.15, 0.2) is 11.0 Å². The molecule has 15 heavy (non-hydrogen) atoms. The van der Waals surface area contributed by atoms with Crippen molar-refractivity contribution in [1.82, 2.24) is 0 Å². The van der Waals surface area contributed by atoms with Gasteiger partial charge in [-0.05, 0) is 37.3 Å². The van der Waals surface area contributed by atoms with Crippen LogP contribution in [-0.4, -0.2) is 24.4 Å². The van der Waals surface area contributed by atoms with E-state index in [4.69, 9.17) is 0 Å². The molecule has 0 spiro atoms. The summed E-state index contributed by atoms with van der Waals surface area (Å²) in [5.41, 5.74) is 1.94. The number of benzene rings is 1. The normalized spacial score (nSPS) is 10.1. The molecule has 3 nitrogen and oxygen atoms in total. The van der Waals surface area contributed by atoms with Crippen LogP contribution in [0.25, 0.3) is 0 Å². The van der Waals surface area contributed by atoms with Crippen LogP contribution in [0.4, 0.5) is 0 Å². The van der Waals surface area contributed by atoms with Gasteiger partial charge < -0.3 is 9.84 Å². The van der Waals surface area contributed by atoms with Gasteiger partial charge in [-0.25, -0.2) is 4.79 Å². The van der Waals surface area contributed by atoms with E-state index >= 15 is 0 Å². The zero-order chi connectivity index (χ0) is 11.6. The van der Waals surface area contributed by atoms with E-state index in [0.29, 0.717) is 5.56 Å². The van der Waals surface area contributed by atoms with Crippen LogP contribution in [0.5, 0.6) is 5.75 Å². The lowest BCUT2D eigenvalue weighted by atomic mass is 10.0. The number of rotatable bonds is 2. The number of thioether (sulfide) groups is 1. The number of aryl methyl sites for hydroxylation is 1. The molecule has 4 heteroatoms. The Labute approximate surface area is 93.4 Å². The minimum absolute atomic E-state index is 0.0196. The number of hydrogen-bond donors (Lipinski definition) is 1. The van der Waals surface area contributed by atoms with E-state index in [-0.39, 0.29) is 11.3 Å². The molecular weight excluding hydrogens is 212 g/mol. The lowest BCUT2D eigenvalue weighted by Crippen LogP contribution is -2.05. The van der Waals surface area contributed by atoms with Crippen molar-refractivity contribution in [3.05, 3.63) is 22.8 Å². The Morgan fingerprint density at radius 2 is 2.07 bits per heavy atom. The second-order valence-electron chi connectivity index (χ2n) is 3.24. The summed E-state index contributed by atoms with van der Waals surface area (Å²) in [5.74, 6) is -0.480. The molecule has 0 saturated carbocycles. The van der Waals surface area contributed by atoms with Gasteiger partial charge in [0.05, 0.1) is 7.11 Å². The van der Waals surface area contributed by atoms with Crippen LogP contribution < -0.4 is 0 Å². The van der Waals surface area contributed by atoms with Gasteiger partial charge in [0.15, 0.2) is 0 Å². The Hall–Kier alpha value is -1.16. The van der Waals surface area contributed by atoms with E-state index in [0.717, 1.165) is 10.5 Å². The third-order valence-corrected chi connectivity index (χ3v) is 3.15. The predicted molar refractivity (Wildman–Crippen MR) is 60.7 cm³/mol. The molecule has 1 aromatic carbocycles. The highest BCUT2D eigenvalue weighted by Gasteiger charge is 2.19. The molecular formula is C11H14O3S. The van der Waals surface area contributed by atoms with Crippen LogP contribution in [0.1, 0.15) is 21.5 Å². The Bertz CT molecular complexity index is 399. The number of aromatic hydroxyl groups is 1. The maximum atomic E-state index is 11.5. The van der Waals surface area contributed by atoms with Crippen molar-refractivity contribution in [2.45, 2.75) is 18.7 Å². The van der Waals surface area contributed by atoms with E-state index in [1.54, 1.807) is 6.92 Å². The summed E-state index contributed by atoms with van der Waals surface area (Å²) in [6.45, 7) is 3.68. The molecule has 1 N–H and O–H groups in total. The minimum Gasteiger partial charge on any atom is -0.507 e. The SMILES string of the molecule is COC(=O)c1c(SC)cc(C)c(C)c1O. The molecule has 0 saturated heterocycles. The number of methoxy groups -OCH3 is 1. The molecule has 0 radical (unpaired) electrons. The fraction of sp³-hybridized carbons (Fsp3) is 0.364. The van der Waals surface area contributed by atoms with E-state index in [1.165, 1.54) is 18.9 Å². The van der Waals surface area contributed by atoms with Crippen LogP contribution in [0.2, 0.25) is 0 Å². The van der Waals surface area contributed by atoms with Gasteiger partial charge in [0, 0.05) is 4.90 Å². The highest BCUT2D eigenvalue weighted by Crippen LogP contribution is 2.33. The first-order valence-electron chi connectivity index (χ1n) is 4.48. The second-order valence-corrected chi connectivity index (χ2v) is 4.08. The molecule has 0 aliphatic rings. The Morgan fingerprint density at radius 1 is 1.47 bits per heavy atom. The molecule has 0 fully saturated rings. The monoisotopic (exact) mass is 226 g/mol. The van der Waals surface area contributed by atoms with Crippen LogP contribution in [0.3, 0.4) is 0 Å². The number of ether oxygens (including phenoxy) is 1. The van der Waals surface area contributed by atoms with Gasteiger partial charge in [-0.15, -0.1) is 11.8 Å². The maximum Gasteiger partial charge on any atom is 0.342 e. The van der Waals surface area contributed by atoms with Gasteiger partial charge in [-0.3, -0.25) is 0 Å². The highest BCUT2D eigenvalue weighted by atomic mass is 32.2. The minimum atomic E-state index is -0.500. The largest absolute Gasteiger partial charge is 0.507 e. The first-order chi connectivity index (χ1) is 7.02. The molecule has 0 atom stereocenters. The molecule has 82 valence electrons. The average molecular weight is 226 g/mol. The number of carbonyl (C=O) groups is 1. The lowest BCUT2D eigenvalue weighted by molar-refractivity contribution is 0.0593. The van der Waals surface area contributed by atoms with Crippen molar-refractivity contribution in [2.75, 3.05) is 13.4 Å². The molecule has 0 bridgehead atoms. The van der Waals surface area contributed by atoms with Crippen molar-refractivity contribution in [3.8, 4) is 5.75 Å². The maximum absolute atomic E-state index is 11.5. The molecule has 0 heterocycles. The smallest absolute Gasteiger partial charge is 0.342 e. The number of hydrogen-bond acceptors (Lipinski definition) is 4. The molecule has 0 aromatic heterocycles. The predicted octanol–water partition coefficient (Wildman–Crippen LogP) is 2.52. The van der Waals surface area contributed by atoms with E-state index in [9.17, 15) is 9.90 Å². The average Bonchev–Trinajstić information content (AvgIpc) is 2.24. The Morgan fingerprint density at radius 3 is 2.53 bits per heavy atom. The molecule has 0 unspecified atom stereocenters. The molecule has 1 aromatic rings. The Balaban J connectivity index is 3.47. The molecule has 1 rings (SSSR count). The van der Waals surface area contributed by atoms with Crippen LogP contribution in [-0.2, 0) is 4.74 Å². The summed E-state index contributed by atoms with van der Waals surface area (Å²) in [6, 6.07) is 1.88. The highest BCUT2D eigenvalue weighted by molar-refractivity contribution is 7.98. The summed E-state index contributed by atoms with van der Waals surface area (Å²) in [7, 11) is 1.31. The summed E-state index contributed by atoms with van der Waals surface area (Å²) >= 11 is 1.42. The summed E-state index contributed by atoms with van der Waals surface area (Å²) in [6.07, 6.45) is 1.86. The third kappa shape index (κ3) is 2.09. The fourth-order valence-electron chi connectivity index (χ4n) is 1.33. The van der Waals surface area contributed by atoms with E-state index in [2.05, 4.69) is 4.74 Å². The van der Waals surface area contributed by atoms with Gasteiger partial charge in [-0.2, -0.15) is 0 Å². The van der Waals surface area contributed by atoms with Crippen molar-refractivity contribution < 1.29 is 14.6 Å². The number of phenols is 1. The van der Waals surface area contributed by atoms with Gasteiger partial charge in [0.1, 0.15) is 11.3 Å². The van der Waals surface area contributed by atoms with E-state index in [1.807, 2.05) is 19.2 Å². The zero-order valence-corrected chi connectivity index (χ0v) is 10.1.